The van der Waals surface area contributed by atoms with Crippen molar-refractivity contribution in [2.24, 2.45) is 0 Å². The number of fused-ring (bicyclic) bond motifs is 1. The summed E-state index contributed by atoms with van der Waals surface area (Å²) in [7, 11) is 0. The minimum Gasteiger partial charge on any atom is -0.243 e. The van der Waals surface area contributed by atoms with Crippen LogP contribution in [0.3, 0.4) is 0 Å². The van der Waals surface area contributed by atoms with E-state index in [0.29, 0.717) is 5.52 Å². The number of H-pyrrole nitrogens is 1. The third-order valence-corrected chi connectivity index (χ3v) is 1.79. The molecular formula is C8H6F3N2+. The Morgan fingerprint density at radius 3 is 2.54 bits per heavy atom. The second-order valence-electron chi connectivity index (χ2n) is 2.63. The molecule has 0 aliphatic heterocycles. The van der Waals surface area contributed by atoms with Crippen LogP contribution >= 0.6 is 0 Å². The van der Waals surface area contributed by atoms with Gasteiger partial charge in [-0.25, -0.2) is 4.98 Å². The molecule has 1 heterocycles. The van der Waals surface area contributed by atoms with Gasteiger partial charge in [0, 0.05) is 0 Å². The van der Waals surface area contributed by atoms with Crippen molar-refractivity contribution in [2.75, 3.05) is 0 Å². The second kappa shape index (κ2) is 2.48. The number of nitrogens with zero attached hydrogens (tertiary/aromatic N) is 1. The number of para-hydroxylation sites is 2. The van der Waals surface area contributed by atoms with Crippen LogP contribution in [0.5, 0.6) is 0 Å². The highest BCUT2D eigenvalue weighted by molar-refractivity contribution is 5.70. The van der Waals surface area contributed by atoms with Crippen LogP contribution in [0.15, 0.2) is 30.6 Å². The third kappa shape index (κ3) is 1.26. The molecule has 5 heteroatoms. The van der Waals surface area contributed by atoms with Gasteiger partial charge in [-0.15, -0.1) is 17.7 Å². The minimum absolute atomic E-state index is 0.134. The Bertz CT molecular complexity index is 430. The van der Waals surface area contributed by atoms with Gasteiger partial charge in [0.05, 0.1) is 0 Å². The first kappa shape index (κ1) is 8.10. The van der Waals surface area contributed by atoms with Crippen molar-refractivity contribution in [3.8, 4) is 0 Å². The van der Waals surface area contributed by atoms with Crippen LogP contribution in [0, 0.1) is 0 Å². The van der Waals surface area contributed by atoms with Gasteiger partial charge >= 0.3 is 6.30 Å². The fourth-order valence-electron chi connectivity index (χ4n) is 1.22. The lowest BCUT2D eigenvalue weighted by molar-refractivity contribution is -0.836. The summed E-state index contributed by atoms with van der Waals surface area (Å²) in [4.78, 5) is 2.54. The number of hydrogen-bond donors (Lipinski definition) is 1. The van der Waals surface area contributed by atoms with Crippen molar-refractivity contribution in [3.63, 3.8) is 0 Å². The van der Waals surface area contributed by atoms with Crippen LogP contribution in [-0.4, -0.2) is 4.98 Å². The molecule has 1 aromatic carbocycles. The van der Waals surface area contributed by atoms with Gasteiger partial charge in [0.15, 0.2) is 11.0 Å². The predicted octanol–water partition coefficient (Wildman–Crippen LogP) is 1.93. The first-order chi connectivity index (χ1) is 6.09. The number of nitrogens with one attached hydrogen (secondary N) is 1. The van der Waals surface area contributed by atoms with E-state index in [4.69, 9.17) is 0 Å². The molecule has 0 saturated heterocycles. The van der Waals surface area contributed by atoms with Crippen LogP contribution in [0.1, 0.15) is 0 Å². The predicted molar refractivity (Wildman–Crippen MR) is 39.8 cm³/mol. The molecule has 13 heavy (non-hydrogen) atoms. The van der Waals surface area contributed by atoms with E-state index in [-0.39, 0.29) is 10.1 Å². The van der Waals surface area contributed by atoms with Crippen molar-refractivity contribution < 1.29 is 17.7 Å². The molecule has 1 aromatic heterocycles. The maximum atomic E-state index is 12.3. The molecule has 1 N–H and O–H groups in total. The van der Waals surface area contributed by atoms with Gasteiger partial charge in [-0.1, -0.05) is 12.1 Å². The summed E-state index contributed by atoms with van der Waals surface area (Å²) in [5, 5.41) is 0. The number of rotatable bonds is 0. The van der Waals surface area contributed by atoms with Gasteiger partial charge in [-0.05, 0) is 12.1 Å². The van der Waals surface area contributed by atoms with Gasteiger partial charge in [0.1, 0.15) is 0 Å². The number of imidazole rings is 1. The number of aromatic amines is 1. The first-order valence-corrected chi connectivity index (χ1v) is 3.64. The summed E-state index contributed by atoms with van der Waals surface area (Å²) in [6, 6.07) is 6.26. The summed E-state index contributed by atoms with van der Waals surface area (Å²) in [6.07, 6.45) is -3.45. The Balaban J connectivity index is 2.72. The highest BCUT2D eigenvalue weighted by Gasteiger charge is 2.38. The van der Waals surface area contributed by atoms with E-state index in [1.54, 1.807) is 18.2 Å². The third-order valence-electron chi connectivity index (χ3n) is 1.79. The number of benzene rings is 1. The Hall–Kier alpha value is -1.52. The molecule has 68 valence electrons. The van der Waals surface area contributed by atoms with Gasteiger partial charge < -0.3 is 0 Å². The fraction of sp³-hybridized carbons (Fsp3) is 0.125. The Kier molecular flexibility index (Phi) is 1.55. The molecule has 2 rings (SSSR count). The van der Waals surface area contributed by atoms with Crippen molar-refractivity contribution in [3.05, 3.63) is 30.6 Å². The van der Waals surface area contributed by atoms with Gasteiger partial charge in [0.2, 0.25) is 6.33 Å². The standard InChI is InChI=1S/C8H5F3N2/c9-8(10,11)13-5-12-6-3-1-2-4-7(6)13/h1-5H/p+1. The molecule has 0 radical (unpaired) electrons. The highest BCUT2D eigenvalue weighted by atomic mass is 19.4. The Morgan fingerprint density at radius 1 is 1.15 bits per heavy atom. The van der Waals surface area contributed by atoms with E-state index in [1.165, 1.54) is 6.07 Å². The van der Waals surface area contributed by atoms with E-state index in [0.717, 1.165) is 6.33 Å². The highest BCUT2D eigenvalue weighted by Crippen LogP contribution is 2.17. The summed E-state index contributed by atoms with van der Waals surface area (Å²) < 4.78 is 37.1. The van der Waals surface area contributed by atoms with E-state index in [1.807, 2.05) is 0 Å². The number of hydrogen-bond acceptors (Lipinski definition) is 0. The number of alkyl halides is 3. The molecule has 0 amide bonds. The van der Waals surface area contributed by atoms with Crippen molar-refractivity contribution in [2.45, 2.75) is 6.30 Å². The maximum Gasteiger partial charge on any atom is 0.567 e. The average molecular weight is 187 g/mol. The molecule has 2 aromatic rings. The van der Waals surface area contributed by atoms with Crippen molar-refractivity contribution in [1.82, 2.24) is 4.98 Å². The summed E-state index contributed by atoms with van der Waals surface area (Å²) in [5.74, 6) is 0. The molecule has 0 aliphatic carbocycles. The van der Waals surface area contributed by atoms with Crippen molar-refractivity contribution >= 4 is 11.0 Å². The summed E-state index contributed by atoms with van der Waals surface area (Å²) >= 11 is 0. The van der Waals surface area contributed by atoms with E-state index in [2.05, 4.69) is 4.98 Å². The van der Waals surface area contributed by atoms with Gasteiger partial charge in [-0.2, -0.15) is 0 Å². The van der Waals surface area contributed by atoms with Crippen LogP contribution < -0.4 is 4.57 Å². The summed E-state index contributed by atoms with van der Waals surface area (Å²) in [5.41, 5.74) is 0.606. The number of aromatic nitrogens is 2. The fourth-order valence-corrected chi connectivity index (χ4v) is 1.22. The monoisotopic (exact) mass is 187 g/mol. The zero-order valence-corrected chi connectivity index (χ0v) is 6.47. The largest absolute Gasteiger partial charge is 0.567 e. The van der Waals surface area contributed by atoms with E-state index >= 15 is 0 Å². The smallest absolute Gasteiger partial charge is 0.243 e. The van der Waals surface area contributed by atoms with Crippen LogP contribution in [0.4, 0.5) is 13.2 Å². The maximum absolute atomic E-state index is 12.3. The first-order valence-electron chi connectivity index (χ1n) is 3.64. The Labute approximate surface area is 71.6 Å². The van der Waals surface area contributed by atoms with Crippen LogP contribution in [0.2, 0.25) is 0 Å². The Morgan fingerprint density at radius 2 is 1.85 bits per heavy atom. The molecule has 0 bridgehead atoms. The molecule has 0 aliphatic rings. The molecule has 0 fully saturated rings. The lowest BCUT2D eigenvalue weighted by atomic mass is 10.3. The zero-order chi connectivity index (χ0) is 9.47. The lowest BCUT2D eigenvalue weighted by Crippen LogP contribution is -2.45. The SMILES string of the molecule is FC(F)(F)[n+]1c[nH]c2ccccc21. The quantitative estimate of drug-likeness (QED) is 0.608. The van der Waals surface area contributed by atoms with Crippen LogP contribution in [0.25, 0.3) is 11.0 Å². The topological polar surface area (TPSA) is 19.7 Å². The lowest BCUT2D eigenvalue weighted by Gasteiger charge is -1.99. The molecule has 0 spiro atoms. The second-order valence-corrected chi connectivity index (χ2v) is 2.63. The van der Waals surface area contributed by atoms with E-state index in [9.17, 15) is 13.2 Å². The molecule has 2 nitrogen and oxygen atoms in total. The molecule has 0 saturated carbocycles. The normalized spacial score (nSPS) is 12.2. The summed E-state index contributed by atoms with van der Waals surface area (Å²) in [6.45, 7) is 0. The van der Waals surface area contributed by atoms with Crippen molar-refractivity contribution in [1.29, 1.82) is 0 Å². The minimum atomic E-state index is -4.36. The molecule has 0 unspecified atom stereocenters. The zero-order valence-electron chi connectivity index (χ0n) is 6.47. The van der Waals surface area contributed by atoms with Crippen LogP contribution in [-0.2, 0) is 6.30 Å². The number of halogens is 3. The molecular weight excluding hydrogens is 181 g/mol. The average Bonchev–Trinajstić information content (AvgIpc) is 2.45. The van der Waals surface area contributed by atoms with Gasteiger partial charge in [-0.3, -0.25) is 0 Å². The van der Waals surface area contributed by atoms with E-state index < -0.39 is 6.30 Å². The molecule has 0 atom stereocenters. The van der Waals surface area contributed by atoms with Gasteiger partial charge in [0.25, 0.3) is 0 Å².